The molecule has 39 heavy (non-hydrogen) atoms. The summed E-state index contributed by atoms with van der Waals surface area (Å²) in [5.74, 6) is 2.00. The van der Waals surface area contributed by atoms with Gasteiger partial charge >= 0.3 is 0 Å². The molecule has 4 heteroatoms. The van der Waals surface area contributed by atoms with Crippen molar-refractivity contribution in [1.82, 2.24) is 9.80 Å². The van der Waals surface area contributed by atoms with Crippen molar-refractivity contribution in [3.8, 4) is 0 Å². The lowest BCUT2D eigenvalue weighted by molar-refractivity contribution is -0.204. The van der Waals surface area contributed by atoms with Crippen molar-refractivity contribution in [2.75, 3.05) is 34.2 Å². The zero-order chi connectivity index (χ0) is 28.8. The SMILES string of the molecule is CN(C)CCN(C)C(=O)[C@]12CCC(C)(C)C[C@H]1C1=CC[C@@H]3[C@@]4(C)CC[C@H](O)C(C)(C)[C@@H]4CC[C@@]3(C)[C@]1(C)CC2. The van der Waals surface area contributed by atoms with Gasteiger partial charge in [-0.2, -0.15) is 0 Å². The van der Waals surface area contributed by atoms with Crippen LogP contribution in [0.3, 0.4) is 0 Å². The van der Waals surface area contributed by atoms with Crippen LogP contribution in [0.1, 0.15) is 113 Å². The molecule has 1 N–H and O–H groups in total. The lowest BCUT2D eigenvalue weighted by Gasteiger charge is -2.71. The zero-order valence-electron chi connectivity index (χ0n) is 27.1. The van der Waals surface area contributed by atoms with E-state index >= 15 is 0 Å². The van der Waals surface area contributed by atoms with Crippen molar-refractivity contribution >= 4 is 5.91 Å². The second kappa shape index (κ2) is 9.32. The second-order valence-corrected chi connectivity index (χ2v) is 17.3. The smallest absolute Gasteiger partial charge is 0.229 e. The third kappa shape index (κ3) is 4.15. The standard InChI is InChI=1S/C35H60N2O2/c1-30(2)17-19-35(29(39)37(10)22-21-36(8)9)20-18-33(6)24(25(35)23-30)11-12-27-32(5)15-14-28(38)31(3,4)26(32)13-16-34(27,33)7/h11,25-28,38H,12-23H2,1-10H3/t25-,26-,27+,28-,32-,33+,34+,35-/m0/s1. The maximum absolute atomic E-state index is 14.4. The van der Waals surface area contributed by atoms with E-state index in [1.54, 1.807) is 5.57 Å². The molecule has 0 radical (unpaired) electrons. The van der Waals surface area contributed by atoms with Crippen molar-refractivity contribution in [3.05, 3.63) is 11.6 Å². The van der Waals surface area contributed by atoms with E-state index in [1.165, 1.54) is 12.8 Å². The molecule has 0 aromatic carbocycles. The Labute approximate surface area is 240 Å². The molecular weight excluding hydrogens is 480 g/mol. The van der Waals surface area contributed by atoms with Crippen LogP contribution in [0, 0.1) is 50.2 Å². The fraction of sp³-hybridized carbons (Fsp3) is 0.914. The molecule has 0 aromatic heterocycles. The highest BCUT2D eigenvalue weighted by atomic mass is 16.3. The number of hydrogen-bond acceptors (Lipinski definition) is 3. The molecule has 222 valence electrons. The Kier molecular flexibility index (Phi) is 7.07. The lowest BCUT2D eigenvalue weighted by atomic mass is 9.33. The molecule has 8 atom stereocenters. The number of amides is 1. The van der Waals surface area contributed by atoms with Crippen molar-refractivity contribution in [2.24, 2.45) is 50.2 Å². The predicted molar refractivity (Wildman–Crippen MR) is 161 cm³/mol. The van der Waals surface area contributed by atoms with Crippen LogP contribution in [0.4, 0.5) is 0 Å². The minimum Gasteiger partial charge on any atom is -0.393 e. The Morgan fingerprint density at radius 3 is 2.21 bits per heavy atom. The van der Waals surface area contributed by atoms with Gasteiger partial charge in [-0.05, 0) is 123 Å². The lowest BCUT2D eigenvalue weighted by Crippen LogP contribution is -2.65. The molecule has 4 nitrogen and oxygen atoms in total. The Bertz CT molecular complexity index is 1010. The largest absolute Gasteiger partial charge is 0.393 e. The molecule has 5 rings (SSSR count). The van der Waals surface area contributed by atoms with Crippen molar-refractivity contribution < 1.29 is 9.90 Å². The number of likely N-dealkylation sites (N-methyl/N-ethyl adjacent to an activating group) is 2. The minimum atomic E-state index is -0.233. The number of fused-ring (bicyclic) bond motifs is 7. The number of nitrogens with zero attached hydrogens (tertiary/aromatic N) is 2. The Morgan fingerprint density at radius 1 is 0.872 bits per heavy atom. The van der Waals surface area contributed by atoms with Gasteiger partial charge in [-0.3, -0.25) is 4.79 Å². The van der Waals surface area contributed by atoms with Crippen LogP contribution in [-0.4, -0.2) is 61.2 Å². The molecule has 4 fully saturated rings. The van der Waals surface area contributed by atoms with Gasteiger partial charge in [0.1, 0.15) is 0 Å². The average Bonchev–Trinajstić information content (AvgIpc) is 2.84. The molecule has 0 aliphatic heterocycles. The molecule has 5 aliphatic carbocycles. The van der Waals surface area contributed by atoms with Crippen LogP contribution >= 0.6 is 0 Å². The summed E-state index contributed by atoms with van der Waals surface area (Å²) >= 11 is 0. The van der Waals surface area contributed by atoms with Gasteiger partial charge in [-0.15, -0.1) is 0 Å². The van der Waals surface area contributed by atoms with Gasteiger partial charge in [-0.1, -0.05) is 60.1 Å². The minimum absolute atomic E-state index is 0.0160. The number of hydrogen-bond donors (Lipinski definition) is 1. The highest BCUT2D eigenvalue weighted by Crippen LogP contribution is 2.75. The molecule has 0 saturated heterocycles. The van der Waals surface area contributed by atoms with Gasteiger partial charge in [0, 0.05) is 20.1 Å². The van der Waals surface area contributed by atoms with Crippen LogP contribution in [0.15, 0.2) is 11.6 Å². The van der Waals surface area contributed by atoms with Gasteiger partial charge in [0.15, 0.2) is 0 Å². The third-order valence-corrected chi connectivity index (χ3v) is 14.3. The summed E-state index contributed by atoms with van der Waals surface area (Å²) in [4.78, 5) is 18.7. The Balaban J connectivity index is 1.54. The van der Waals surface area contributed by atoms with Crippen LogP contribution in [0.2, 0.25) is 0 Å². The molecule has 1 amide bonds. The molecule has 5 aliphatic rings. The van der Waals surface area contributed by atoms with E-state index in [0.29, 0.717) is 23.7 Å². The first-order chi connectivity index (χ1) is 17.9. The fourth-order valence-electron chi connectivity index (χ4n) is 11.4. The van der Waals surface area contributed by atoms with E-state index in [1.807, 2.05) is 0 Å². The average molecular weight is 541 g/mol. The predicted octanol–water partition coefficient (Wildman–Crippen LogP) is 7.17. The first kappa shape index (κ1) is 29.6. The molecule has 0 bridgehead atoms. The van der Waals surface area contributed by atoms with Gasteiger partial charge in [0.25, 0.3) is 0 Å². The number of carbonyl (C=O) groups excluding carboxylic acids is 1. The topological polar surface area (TPSA) is 43.8 Å². The zero-order valence-corrected chi connectivity index (χ0v) is 27.1. The van der Waals surface area contributed by atoms with Crippen molar-refractivity contribution in [2.45, 2.75) is 119 Å². The van der Waals surface area contributed by atoms with E-state index < -0.39 is 0 Å². The van der Waals surface area contributed by atoms with Crippen LogP contribution < -0.4 is 0 Å². The maximum atomic E-state index is 14.4. The summed E-state index contributed by atoms with van der Waals surface area (Å²) in [5, 5.41) is 11.0. The highest BCUT2D eigenvalue weighted by molar-refractivity contribution is 5.84. The highest BCUT2D eigenvalue weighted by Gasteiger charge is 2.69. The van der Waals surface area contributed by atoms with Crippen LogP contribution in [0.25, 0.3) is 0 Å². The second-order valence-electron chi connectivity index (χ2n) is 17.3. The summed E-state index contributed by atoms with van der Waals surface area (Å²) in [7, 11) is 6.25. The van der Waals surface area contributed by atoms with Gasteiger partial charge in [-0.25, -0.2) is 0 Å². The van der Waals surface area contributed by atoms with E-state index in [0.717, 1.165) is 64.5 Å². The Hall–Kier alpha value is -0.870. The first-order valence-electron chi connectivity index (χ1n) is 16.2. The number of rotatable bonds is 4. The maximum Gasteiger partial charge on any atom is 0.229 e. The van der Waals surface area contributed by atoms with Crippen molar-refractivity contribution in [1.29, 1.82) is 0 Å². The van der Waals surface area contributed by atoms with Gasteiger partial charge < -0.3 is 14.9 Å². The summed E-state index contributed by atoms with van der Waals surface area (Å²) < 4.78 is 0. The van der Waals surface area contributed by atoms with Crippen LogP contribution in [-0.2, 0) is 4.79 Å². The van der Waals surface area contributed by atoms with E-state index in [9.17, 15) is 9.90 Å². The number of carbonyl (C=O) groups is 1. The summed E-state index contributed by atoms with van der Waals surface area (Å²) in [5.41, 5.74) is 2.35. The molecule has 0 unspecified atom stereocenters. The first-order valence-corrected chi connectivity index (χ1v) is 16.2. The quantitative estimate of drug-likeness (QED) is 0.385. The number of allylic oxidation sites excluding steroid dienone is 2. The third-order valence-electron chi connectivity index (χ3n) is 14.3. The Morgan fingerprint density at radius 2 is 1.54 bits per heavy atom. The molecule has 0 spiro atoms. The normalized spacial score (nSPS) is 46.3. The van der Waals surface area contributed by atoms with E-state index in [-0.39, 0.29) is 38.6 Å². The summed E-state index contributed by atoms with van der Waals surface area (Å²) in [6.45, 7) is 19.1. The molecule has 4 saturated carbocycles. The molecule has 0 aromatic rings. The van der Waals surface area contributed by atoms with E-state index in [4.69, 9.17) is 0 Å². The van der Waals surface area contributed by atoms with Gasteiger partial charge in [0.2, 0.25) is 5.91 Å². The summed E-state index contributed by atoms with van der Waals surface area (Å²) in [6.07, 6.45) is 13.7. The number of aliphatic hydroxyl groups excluding tert-OH is 1. The summed E-state index contributed by atoms with van der Waals surface area (Å²) in [6, 6.07) is 0. The molecular formula is C35H60N2O2. The van der Waals surface area contributed by atoms with Crippen molar-refractivity contribution in [3.63, 3.8) is 0 Å². The molecule has 0 heterocycles. The number of aliphatic hydroxyl groups is 1. The van der Waals surface area contributed by atoms with Crippen LogP contribution in [0.5, 0.6) is 0 Å². The van der Waals surface area contributed by atoms with E-state index in [2.05, 4.69) is 85.5 Å². The fourth-order valence-corrected chi connectivity index (χ4v) is 11.4. The van der Waals surface area contributed by atoms with Gasteiger partial charge in [0.05, 0.1) is 11.5 Å². The monoisotopic (exact) mass is 540 g/mol.